The lowest BCUT2D eigenvalue weighted by atomic mass is 9.92. The Morgan fingerprint density at radius 2 is 2.07 bits per heavy atom. The van der Waals surface area contributed by atoms with E-state index in [1.165, 1.54) is 0 Å². The van der Waals surface area contributed by atoms with Crippen LogP contribution in [0.15, 0.2) is 0 Å². The molecule has 3 heteroatoms. The molecule has 0 aromatic rings. The number of nitrogens with one attached hydrogen (secondary N) is 1. The van der Waals surface area contributed by atoms with Crippen molar-refractivity contribution in [2.24, 2.45) is 0 Å². The molecule has 15 heavy (non-hydrogen) atoms. The van der Waals surface area contributed by atoms with Gasteiger partial charge >= 0.3 is 0 Å². The standard InChI is InChI=1S/C12H24N2O/c1-5-12(10-13,14-6-2)8-7-9-15-11(3)4/h11,14H,5-9H2,1-4H3. The molecular formula is C12H24N2O. The summed E-state index contributed by atoms with van der Waals surface area (Å²) in [4.78, 5) is 0. The first-order chi connectivity index (χ1) is 7.10. The van der Waals surface area contributed by atoms with E-state index in [4.69, 9.17) is 10.00 Å². The van der Waals surface area contributed by atoms with E-state index in [-0.39, 0.29) is 11.6 Å². The molecule has 0 bridgehead atoms. The van der Waals surface area contributed by atoms with E-state index in [2.05, 4.69) is 18.3 Å². The van der Waals surface area contributed by atoms with Gasteiger partial charge in [0.25, 0.3) is 0 Å². The number of hydrogen-bond acceptors (Lipinski definition) is 3. The topological polar surface area (TPSA) is 45.0 Å². The van der Waals surface area contributed by atoms with Crippen molar-refractivity contribution in [3.05, 3.63) is 0 Å². The van der Waals surface area contributed by atoms with Crippen LogP contribution in [0.3, 0.4) is 0 Å². The lowest BCUT2D eigenvalue weighted by molar-refractivity contribution is 0.0727. The zero-order chi connectivity index (χ0) is 11.7. The summed E-state index contributed by atoms with van der Waals surface area (Å²) in [6.45, 7) is 9.73. The van der Waals surface area contributed by atoms with Crippen molar-refractivity contribution in [2.45, 2.75) is 58.6 Å². The molecule has 0 heterocycles. The van der Waals surface area contributed by atoms with Gasteiger partial charge in [-0.05, 0) is 39.7 Å². The van der Waals surface area contributed by atoms with Crippen molar-refractivity contribution in [3.63, 3.8) is 0 Å². The fraction of sp³-hybridized carbons (Fsp3) is 0.917. The molecule has 0 aliphatic carbocycles. The van der Waals surface area contributed by atoms with E-state index in [1.807, 2.05) is 20.8 Å². The van der Waals surface area contributed by atoms with Gasteiger partial charge in [0.1, 0.15) is 5.54 Å². The van der Waals surface area contributed by atoms with Crippen LogP contribution in [0.2, 0.25) is 0 Å². The van der Waals surface area contributed by atoms with Crippen molar-refractivity contribution in [2.75, 3.05) is 13.2 Å². The zero-order valence-corrected chi connectivity index (χ0v) is 10.5. The number of nitrogens with zero attached hydrogens (tertiary/aromatic N) is 1. The second-order valence-corrected chi connectivity index (χ2v) is 4.10. The Labute approximate surface area is 93.8 Å². The molecule has 0 amide bonds. The van der Waals surface area contributed by atoms with Gasteiger partial charge in [-0.25, -0.2) is 0 Å². The maximum Gasteiger partial charge on any atom is 0.106 e. The predicted octanol–water partition coefficient (Wildman–Crippen LogP) is 2.47. The van der Waals surface area contributed by atoms with E-state index >= 15 is 0 Å². The molecule has 3 nitrogen and oxygen atoms in total. The van der Waals surface area contributed by atoms with Crippen LogP contribution in [0.1, 0.15) is 47.0 Å². The predicted molar refractivity (Wildman–Crippen MR) is 62.6 cm³/mol. The van der Waals surface area contributed by atoms with Crippen LogP contribution >= 0.6 is 0 Å². The highest BCUT2D eigenvalue weighted by Gasteiger charge is 2.25. The molecule has 0 saturated heterocycles. The molecule has 1 N–H and O–H groups in total. The molecule has 1 unspecified atom stereocenters. The Morgan fingerprint density at radius 3 is 2.47 bits per heavy atom. The van der Waals surface area contributed by atoms with Gasteiger partial charge in [-0.3, -0.25) is 5.32 Å². The third-order valence-electron chi connectivity index (χ3n) is 2.53. The van der Waals surface area contributed by atoms with E-state index in [9.17, 15) is 0 Å². The zero-order valence-electron chi connectivity index (χ0n) is 10.5. The average molecular weight is 212 g/mol. The number of nitriles is 1. The highest BCUT2D eigenvalue weighted by Crippen LogP contribution is 2.16. The lowest BCUT2D eigenvalue weighted by Crippen LogP contribution is -2.43. The van der Waals surface area contributed by atoms with Gasteiger partial charge in [0.15, 0.2) is 0 Å². The maximum absolute atomic E-state index is 9.16. The van der Waals surface area contributed by atoms with Crippen LogP contribution in [0, 0.1) is 11.3 Å². The molecule has 0 aliphatic heterocycles. The van der Waals surface area contributed by atoms with Gasteiger partial charge < -0.3 is 4.74 Å². The second kappa shape index (κ2) is 7.67. The second-order valence-electron chi connectivity index (χ2n) is 4.10. The minimum Gasteiger partial charge on any atom is -0.379 e. The minimum atomic E-state index is -0.352. The van der Waals surface area contributed by atoms with Crippen molar-refractivity contribution in [3.8, 4) is 6.07 Å². The Morgan fingerprint density at radius 1 is 1.40 bits per heavy atom. The third kappa shape index (κ3) is 5.76. The molecule has 88 valence electrons. The quantitative estimate of drug-likeness (QED) is 0.629. The largest absolute Gasteiger partial charge is 0.379 e. The minimum absolute atomic E-state index is 0.280. The molecule has 1 atom stereocenters. The average Bonchev–Trinajstić information content (AvgIpc) is 2.22. The van der Waals surface area contributed by atoms with Gasteiger partial charge in [-0.2, -0.15) is 5.26 Å². The Kier molecular flexibility index (Phi) is 7.37. The molecule has 0 spiro atoms. The summed E-state index contributed by atoms with van der Waals surface area (Å²) in [5, 5.41) is 12.4. The molecule has 0 rings (SSSR count). The van der Waals surface area contributed by atoms with Crippen LogP contribution in [0.25, 0.3) is 0 Å². The molecule has 0 aromatic heterocycles. The molecular weight excluding hydrogens is 188 g/mol. The number of ether oxygens (including phenoxy) is 1. The van der Waals surface area contributed by atoms with Crippen molar-refractivity contribution < 1.29 is 4.74 Å². The van der Waals surface area contributed by atoms with Crippen LogP contribution in [-0.2, 0) is 4.74 Å². The van der Waals surface area contributed by atoms with Crippen LogP contribution in [-0.4, -0.2) is 24.8 Å². The Bertz CT molecular complexity index is 198. The SMILES string of the molecule is CCNC(C#N)(CC)CCCOC(C)C. The first-order valence-electron chi connectivity index (χ1n) is 5.88. The fourth-order valence-electron chi connectivity index (χ4n) is 1.60. The van der Waals surface area contributed by atoms with Gasteiger partial charge in [-0.1, -0.05) is 13.8 Å². The Balaban J connectivity index is 3.91. The molecule has 0 aromatic carbocycles. The van der Waals surface area contributed by atoms with E-state index in [0.29, 0.717) is 0 Å². The smallest absolute Gasteiger partial charge is 0.106 e. The summed E-state index contributed by atoms with van der Waals surface area (Å²) >= 11 is 0. The van der Waals surface area contributed by atoms with Crippen LogP contribution in [0.5, 0.6) is 0 Å². The molecule has 0 saturated carbocycles. The first-order valence-corrected chi connectivity index (χ1v) is 5.88. The van der Waals surface area contributed by atoms with E-state index in [0.717, 1.165) is 32.4 Å². The summed E-state index contributed by atoms with van der Waals surface area (Å²) in [6.07, 6.45) is 2.92. The van der Waals surface area contributed by atoms with E-state index in [1.54, 1.807) is 0 Å². The van der Waals surface area contributed by atoms with Gasteiger partial charge in [0, 0.05) is 6.61 Å². The third-order valence-corrected chi connectivity index (χ3v) is 2.53. The lowest BCUT2D eigenvalue weighted by Gasteiger charge is -2.26. The summed E-state index contributed by atoms with van der Waals surface area (Å²) in [6, 6.07) is 2.39. The van der Waals surface area contributed by atoms with Crippen LogP contribution < -0.4 is 5.32 Å². The first kappa shape index (κ1) is 14.4. The number of hydrogen-bond donors (Lipinski definition) is 1. The highest BCUT2D eigenvalue weighted by molar-refractivity contribution is 5.05. The van der Waals surface area contributed by atoms with E-state index < -0.39 is 0 Å². The molecule has 0 fully saturated rings. The van der Waals surface area contributed by atoms with Gasteiger partial charge in [0.05, 0.1) is 12.2 Å². The highest BCUT2D eigenvalue weighted by atomic mass is 16.5. The summed E-state index contributed by atoms with van der Waals surface area (Å²) in [5.41, 5.74) is -0.352. The summed E-state index contributed by atoms with van der Waals surface area (Å²) < 4.78 is 5.47. The molecule has 0 aliphatic rings. The normalized spacial score (nSPS) is 14.9. The summed E-state index contributed by atoms with van der Waals surface area (Å²) in [5.74, 6) is 0. The van der Waals surface area contributed by atoms with Crippen LogP contribution in [0.4, 0.5) is 0 Å². The van der Waals surface area contributed by atoms with Crippen molar-refractivity contribution in [1.29, 1.82) is 5.26 Å². The van der Waals surface area contributed by atoms with Crippen molar-refractivity contribution >= 4 is 0 Å². The molecule has 0 radical (unpaired) electrons. The fourth-order valence-corrected chi connectivity index (χ4v) is 1.60. The van der Waals surface area contributed by atoms with Crippen molar-refractivity contribution in [1.82, 2.24) is 5.32 Å². The number of rotatable bonds is 8. The monoisotopic (exact) mass is 212 g/mol. The summed E-state index contributed by atoms with van der Waals surface area (Å²) in [7, 11) is 0. The Hall–Kier alpha value is -0.590. The van der Waals surface area contributed by atoms with Gasteiger partial charge in [0.2, 0.25) is 0 Å². The maximum atomic E-state index is 9.16. The van der Waals surface area contributed by atoms with Gasteiger partial charge in [-0.15, -0.1) is 0 Å².